The predicted molar refractivity (Wildman–Crippen MR) is 107 cm³/mol. The minimum absolute atomic E-state index is 0.418. The Bertz CT molecular complexity index is 524. The molecule has 2 aromatic rings. The molecule has 2 unspecified atom stereocenters. The maximum atomic E-state index is 10.0. The Kier molecular flexibility index (Phi) is 9.98. The number of hydrogen-bond donors (Lipinski definition) is 4. The molecule has 142 valence electrons. The van der Waals surface area contributed by atoms with E-state index < -0.39 is 12.2 Å². The summed E-state index contributed by atoms with van der Waals surface area (Å²) < 4.78 is 0. The molecule has 0 bridgehead atoms. The van der Waals surface area contributed by atoms with Crippen molar-refractivity contribution in [1.82, 2.24) is 10.6 Å². The van der Waals surface area contributed by atoms with E-state index in [0.29, 0.717) is 13.1 Å². The molecule has 4 nitrogen and oxygen atoms in total. The average molecular weight is 357 g/mol. The first-order valence-electron chi connectivity index (χ1n) is 9.61. The summed E-state index contributed by atoms with van der Waals surface area (Å²) in [5, 5.41) is 26.5. The van der Waals surface area contributed by atoms with E-state index in [1.807, 2.05) is 12.1 Å². The van der Waals surface area contributed by atoms with Gasteiger partial charge in [-0.05, 0) is 49.9 Å². The highest BCUT2D eigenvalue weighted by Gasteiger charge is 2.14. The number of nitrogens with one attached hydrogen (secondary N) is 2. The van der Waals surface area contributed by atoms with Gasteiger partial charge in [0.05, 0.1) is 12.2 Å². The number of aryl methyl sites for hydroxylation is 2. The van der Waals surface area contributed by atoms with Crippen LogP contribution in [0, 0.1) is 0 Å². The first-order chi connectivity index (χ1) is 12.8. The molecule has 4 heteroatoms. The van der Waals surface area contributed by atoms with E-state index in [4.69, 9.17) is 0 Å². The molecule has 0 saturated heterocycles. The SMILES string of the molecule is OC(CNCCCc1ccccc1)C(O)CNCCCc1ccccc1. The van der Waals surface area contributed by atoms with Gasteiger partial charge in [0.25, 0.3) is 0 Å². The van der Waals surface area contributed by atoms with Gasteiger partial charge in [0, 0.05) is 13.1 Å². The molecular weight excluding hydrogens is 324 g/mol. The van der Waals surface area contributed by atoms with Crippen LogP contribution in [-0.4, -0.2) is 48.6 Å². The number of rotatable bonds is 13. The van der Waals surface area contributed by atoms with Gasteiger partial charge >= 0.3 is 0 Å². The van der Waals surface area contributed by atoms with Crippen molar-refractivity contribution >= 4 is 0 Å². The second-order valence-corrected chi connectivity index (χ2v) is 6.72. The Hall–Kier alpha value is -1.72. The van der Waals surface area contributed by atoms with Gasteiger partial charge in [-0.3, -0.25) is 0 Å². The lowest BCUT2D eigenvalue weighted by Gasteiger charge is -2.19. The highest BCUT2D eigenvalue weighted by molar-refractivity contribution is 5.15. The van der Waals surface area contributed by atoms with Crippen LogP contribution in [0.4, 0.5) is 0 Å². The molecule has 2 rings (SSSR count). The lowest BCUT2D eigenvalue weighted by molar-refractivity contribution is 0.0211. The summed E-state index contributed by atoms with van der Waals surface area (Å²) in [6.07, 6.45) is 2.60. The first-order valence-corrected chi connectivity index (χ1v) is 9.61. The van der Waals surface area contributed by atoms with Gasteiger partial charge in [0.1, 0.15) is 0 Å². The molecule has 0 aliphatic heterocycles. The van der Waals surface area contributed by atoms with Crippen molar-refractivity contribution in [2.24, 2.45) is 0 Å². The minimum Gasteiger partial charge on any atom is -0.389 e. The third kappa shape index (κ3) is 8.59. The molecule has 0 fully saturated rings. The molecule has 2 aromatic carbocycles. The zero-order valence-corrected chi connectivity index (χ0v) is 15.5. The number of hydrogen-bond acceptors (Lipinski definition) is 4. The van der Waals surface area contributed by atoms with Crippen LogP contribution in [0.2, 0.25) is 0 Å². The molecule has 0 spiro atoms. The van der Waals surface area contributed by atoms with E-state index >= 15 is 0 Å². The summed E-state index contributed by atoms with van der Waals surface area (Å²) in [5.41, 5.74) is 2.66. The van der Waals surface area contributed by atoms with Gasteiger partial charge in [0.15, 0.2) is 0 Å². The van der Waals surface area contributed by atoms with Gasteiger partial charge in [-0.25, -0.2) is 0 Å². The summed E-state index contributed by atoms with van der Waals surface area (Å²) in [6, 6.07) is 20.8. The van der Waals surface area contributed by atoms with Crippen LogP contribution in [0.5, 0.6) is 0 Å². The molecule has 0 aliphatic rings. The van der Waals surface area contributed by atoms with Gasteiger partial charge in [-0.1, -0.05) is 60.7 Å². The van der Waals surface area contributed by atoms with E-state index in [-0.39, 0.29) is 0 Å². The lowest BCUT2D eigenvalue weighted by Crippen LogP contribution is -2.42. The van der Waals surface area contributed by atoms with Crippen LogP contribution < -0.4 is 10.6 Å². The highest BCUT2D eigenvalue weighted by Crippen LogP contribution is 2.02. The fraction of sp³-hybridized carbons (Fsp3) is 0.455. The zero-order valence-electron chi connectivity index (χ0n) is 15.5. The zero-order chi connectivity index (χ0) is 18.5. The van der Waals surface area contributed by atoms with Crippen molar-refractivity contribution in [2.45, 2.75) is 37.9 Å². The Morgan fingerprint density at radius 2 is 1.00 bits per heavy atom. The Morgan fingerprint density at radius 1 is 0.615 bits per heavy atom. The predicted octanol–water partition coefficient (Wildman–Crippen LogP) is 2.15. The maximum Gasteiger partial charge on any atom is 0.0935 e. The molecule has 26 heavy (non-hydrogen) atoms. The van der Waals surface area contributed by atoms with Gasteiger partial charge in [-0.15, -0.1) is 0 Å². The lowest BCUT2D eigenvalue weighted by atomic mass is 10.1. The van der Waals surface area contributed by atoms with Crippen molar-refractivity contribution in [2.75, 3.05) is 26.2 Å². The van der Waals surface area contributed by atoms with Crippen LogP contribution >= 0.6 is 0 Å². The summed E-state index contributed by atoms with van der Waals surface area (Å²) in [5.74, 6) is 0. The summed E-state index contributed by atoms with van der Waals surface area (Å²) in [4.78, 5) is 0. The molecule has 0 heterocycles. The second-order valence-electron chi connectivity index (χ2n) is 6.72. The van der Waals surface area contributed by atoms with Crippen molar-refractivity contribution in [1.29, 1.82) is 0 Å². The van der Waals surface area contributed by atoms with Crippen LogP contribution in [0.25, 0.3) is 0 Å². The van der Waals surface area contributed by atoms with Crippen LogP contribution in [0.15, 0.2) is 60.7 Å². The number of aliphatic hydroxyl groups is 2. The number of benzene rings is 2. The van der Waals surface area contributed by atoms with Crippen molar-refractivity contribution < 1.29 is 10.2 Å². The van der Waals surface area contributed by atoms with Crippen molar-refractivity contribution in [3.63, 3.8) is 0 Å². The Labute approximate surface area is 157 Å². The molecule has 0 aliphatic carbocycles. The van der Waals surface area contributed by atoms with Crippen LogP contribution in [0.3, 0.4) is 0 Å². The average Bonchev–Trinajstić information content (AvgIpc) is 2.68. The van der Waals surface area contributed by atoms with Crippen molar-refractivity contribution in [3.05, 3.63) is 71.8 Å². The van der Waals surface area contributed by atoms with Crippen LogP contribution in [-0.2, 0) is 12.8 Å². The van der Waals surface area contributed by atoms with E-state index in [0.717, 1.165) is 38.8 Å². The fourth-order valence-electron chi connectivity index (χ4n) is 2.90. The molecule has 0 amide bonds. The van der Waals surface area contributed by atoms with Crippen molar-refractivity contribution in [3.8, 4) is 0 Å². The summed E-state index contributed by atoms with van der Waals surface area (Å²) in [6.45, 7) is 2.51. The van der Waals surface area contributed by atoms with E-state index in [1.165, 1.54) is 11.1 Å². The van der Waals surface area contributed by atoms with E-state index in [2.05, 4.69) is 59.2 Å². The molecule has 4 N–H and O–H groups in total. The normalized spacial score (nSPS) is 13.5. The first kappa shape index (κ1) is 20.6. The number of aliphatic hydroxyl groups excluding tert-OH is 2. The Balaban J connectivity index is 1.46. The monoisotopic (exact) mass is 356 g/mol. The summed E-state index contributed by atoms with van der Waals surface area (Å²) in [7, 11) is 0. The van der Waals surface area contributed by atoms with Gasteiger partial charge in [0.2, 0.25) is 0 Å². The van der Waals surface area contributed by atoms with Gasteiger partial charge in [-0.2, -0.15) is 0 Å². The van der Waals surface area contributed by atoms with Crippen LogP contribution in [0.1, 0.15) is 24.0 Å². The van der Waals surface area contributed by atoms with Gasteiger partial charge < -0.3 is 20.8 Å². The smallest absolute Gasteiger partial charge is 0.0935 e. The maximum absolute atomic E-state index is 10.0. The highest BCUT2D eigenvalue weighted by atomic mass is 16.3. The molecule has 2 atom stereocenters. The standard InChI is InChI=1S/C22H32N2O2/c25-21(17-23-15-7-13-19-9-3-1-4-10-19)22(26)18-24-16-8-14-20-11-5-2-6-12-20/h1-6,9-12,21-26H,7-8,13-18H2. The molecule has 0 aromatic heterocycles. The molecule has 0 radical (unpaired) electrons. The second kappa shape index (κ2) is 12.6. The van der Waals surface area contributed by atoms with E-state index in [1.54, 1.807) is 0 Å². The fourth-order valence-corrected chi connectivity index (χ4v) is 2.90. The Morgan fingerprint density at radius 3 is 1.38 bits per heavy atom. The largest absolute Gasteiger partial charge is 0.389 e. The molecular formula is C22H32N2O2. The summed E-state index contributed by atoms with van der Waals surface area (Å²) >= 11 is 0. The molecule has 0 saturated carbocycles. The topological polar surface area (TPSA) is 64.5 Å². The third-order valence-electron chi connectivity index (χ3n) is 4.47. The third-order valence-corrected chi connectivity index (χ3v) is 4.47. The van der Waals surface area contributed by atoms with E-state index in [9.17, 15) is 10.2 Å². The minimum atomic E-state index is -0.742. The quantitative estimate of drug-likeness (QED) is 0.415.